The Morgan fingerprint density at radius 1 is 1.40 bits per heavy atom. The van der Waals surface area contributed by atoms with Crippen molar-refractivity contribution in [3.63, 3.8) is 0 Å². The Hall–Kier alpha value is -0.890. The van der Waals surface area contributed by atoms with Crippen molar-refractivity contribution in [3.8, 4) is 0 Å². The highest BCUT2D eigenvalue weighted by Crippen LogP contribution is 2.25. The van der Waals surface area contributed by atoms with Gasteiger partial charge in [0.2, 0.25) is 0 Å². The molecule has 0 aliphatic heterocycles. The van der Waals surface area contributed by atoms with E-state index in [9.17, 15) is 9.50 Å². The molecule has 2 atom stereocenters. The van der Waals surface area contributed by atoms with Gasteiger partial charge in [-0.25, -0.2) is 4.39 Å². The Bertz CT molecular complexity index is 322. The number of aryl methyl sites for hydroxylation is 1. The standard InChI is InChI=1S/C13H19FO/c1-4-9(2)8-13(15)11-6-5-10(3)7-12(11)14/h5-7,9,13,15H,4,8H2,1-3H3. The molecule has 0 fully saturated rings. The molecule has 0 aliphatic rings. The third kappa shape index (κ3) is 3.31. The number of hydrogen-bond acceptors (Lipinski definition) is 1. The fourth-order valence-electron chi connectivity index (χ4n) is 1.58. The number of hydrogen-bond donors (Lipinski definition) is 1. The summed E-state index contributed by atoms with van der Waals surface area (Å²) in [6.07, 6.45) is 0.946. The van der Waals surface area contributed by atoms with Gasteiger partial charge < -0.3 is 5.11 Å². The molecule has 0 amide bonds. The number of benzene rings is 1. The Morgan fingerprint density at radius 2 is 2.07 bits per heavy atom. The molecule has 0 saturated carbocycles. The van der Waals surface area contributed by atoms with E-state index in [4.69, 9.17) is 0 Å². The maximum atomic E-state index is 13.5. The van der Waals surface area contributed by atoms with Crippen molar-refractivity contribution < 1.29 is 9.50 Å². The van der Waals surface area contributed by atoms with Crippen LogP contribution in [-0.4, -0.2) is 5.11 Å². The van der Waals surface area contributed by atoms with Crippen LogP contribution in [0.4, 0.5) is 4.39 Å². The van der Waals surface area contributed by atoms with Crippen LogP contribution in [-0.2, 0) is 0 Å². The van der Waals surface area contributed by atoms with Crippen LogP contribution in [0.1, 0.15) is 43.9 Å². The van der Waals surface area contributed by atoms with Gasteiger partial charge in [0, 0.05) is 5.56 Å². The zero-order valence-electron chi connectivity index (χ0n) is 9.63. The van der Waals surface area contributed by atoms with E-state index in [-0.39, 0.29) is 5.82 Å². The summed E-state index contributed by atoms with van der Waals surface area (Å²) >= 11 is 0. The van der Waals surface area contributed by atoms with E-state index in [1.54, 1.807) is 6.07 Å². The molecule has 1 aromatic carbocycles. The highest BCUT2D eigenvalue weighted by Gasteiger charge is 2.15. The molecule has 0 bridgehead atoms. The Morgan fingerprint density at radius 3 is 2.60 bits per heavy atom. The number of halogens is 1. The summed E-state index contributed by atoms with van der Waals surface area (Å²) in [4.78, 5) is 0. The first-order valence-corrected chi connectivity index (χ1v) is 5.48. The van der Waals surface area contributed by atoms with Gasteiger partial charge in [-0.3, -0.25) is 0 Å². The van der Waals surface area contributed by atoms with Crippen molar-refractivity contribution in [1.82, 2.24) is 0 Å². The summed E-state index contributed by atoms with van der Waals surface area (Å²) in [5, 5.41) is 9.85. The van der Waals surface area contributed by atoms with Gasteiger partial charge in [0.25, 0.3) is 0 Å². The molecular weight excluding hydrogens is 191 g/mol. The molecule has 2 unspecified atom stereocenters. The largest absolute Gasteiger partial charge is 0.388 e. The zero-order valence-corrected chi connectivity index (χ0v) is 9.63. The fraction of sp³-hybridized carbons (Fsp3) is 0.538. The second kappa shape index (κ2) is 5.26. The molecule has 2 heteroatoms. The normalized spacial score (nSPS) is 15.0. The topological polar surface area (TPSA) is 20.2 Å². The van der Waals surface area contributed by atoms with E-state index in [0.29, 0.717) is 17.9 Å². The summed E-state index contributed by atoms with van der Waals surface area (Å²) < 4.78 is 13.5. The van der Waals surface area contributed by atoms with Crippen LogP contribution < -0.4 is 0 Å². The molecule has 0 aliphatic carbocycles. The molecular formula is C13H19FO. The molecule has 15 heavy (non-hydrogen) atoms. The lowest BCUT2D eigenvalue weighted by atomic mass is 9.95. The predicted molar refractivity (Wildman–Crippen MR) is 60.2 cm³/mol. The first-order chi connectivity index (χ1) is 7.04. The van der Waals surface area contributed by atoms with E-state index >= 15 is 0 Å². The summed E-state index contributed by atoms with van der Waals surface area (Å²) in [5.74, 6) is 0.117. The number of aliphatic hydroxyl groups excluding tert-OH is 1. The Kier molecular flexibility index (Phi) is 4.28. The number of aliphatic hydroxyl groups is 1. The molecule has 1 N–H and O–H groups in total. The van der Waals surface area contributed by atoms with E-state index in [1.807, 2.05) is 13.0 Å². The Balaban J connectivity index is 2.77. The van der Waals surface area contributed by atoms with Crippen LogP contribution in [0.2, 0.25) is 0 Å². The molecule has 1 aromatic rings. The van der Waals surface area contributed by atoms with Crippen LogP contribution in [0.3, 0.4) is 0 Å². The van der Waals surface area contributed by atoms with Gasteiger partial charge >= 0.3 is 0 Å². The first kappa shape index (κ1) is 12.2. The Labute approximate surface area is 90.9 Å². The van der Waals surface area contributed by atoms with Crippen LogP contribution in [0.5, 0.6) is 0 Å². The molecule has 0 spiro atoms. The van der Waals surface area contributed by atoms with E-state index in [1.165, 1.54) is 6.07 Å². The molecule has 84 valence electrons. The quantitative estimate of drug-likeness (QED) is 0.805. The fourth-order valence-corrected chi connectivity index (χ4v) is 1.58. The summed E-state index contributed by atoms with van der Waals surface area (Å²) in [6.45, 7) is 5.98. The second-order valence-electron chi connectivity index (χ2n) is 4.29. The zero-order chi connectivity index (χ0) is 11.4. The molecule has 1 nitrogen and oxygen atoms in total. The molecule has 0 radical (unpaired) electrons. The van der Waals surface area contributed by atoms with Gasteiger partial charge in [-0.2, -0.15) is 0 Å². The van der Waals surface area contributed by atoms with Crippen LogP contribution in [0.15, 0.2) is 18.2 Å². The highest BCUT2D eigenvalue weighted by molar-refractivity contribution is 5.25. The third-order valence-corrected chi connectivity index (χ3v) is 2.84. The van der Waals surface area contributed by atoms with Crippen molar-refractivity contribution in [2.45, 2.75) is 39.7 Å². The monoisotopic (exact) mass is 210 g/mol. The smallest absolute Gasteiger partial charge is 0.129 e. The van der Waals surface area contributed by atoms with Gasteiger partial charge in [-0.05, 0) is 30.9 Å². The lowest BCUT2D eigenvalue weighted by Crippen LogP contribution is -2.06. The average Bonchev–Trinajstić information content (AvgIpc) is 2.17. The van der Waals surface area contributed by atoms with Crippen molar-refractivity contribution in [2.24, 2.45) is 5.92 Å². The van der Waals surface area contributed by atoms with E-state index in [2.05, 4.69) is 13.8 Å². The predicted octanol–water partition coefficient (Wildman–Crippen LogP) is 3.60. The van der Waals surface area contributed by atoms with Crippen molar-refractivity contribution in [2.75, 3.05) is 0 Å². The van der Waals surface area contributed by atoms with Gasteiger partial charge in [0.15, 0.2) is 0 Å². The minimum absolute atomic E-state index is 0.300. The maximum Gasteiger partial charge on any atom is 0.129 e. The van der Waals surface area contributed by atoms with Gasteiger partial charge in [0.05, 0.1) is 6.10 Å². The van der Waals surface area contributed by atoms with Crippen LogP contribution in [0, 0.1) is 18.7 Å². The van der Waals surface area contributed by atoms with Gasteiger partial charge in [0.1, 0.15) is 5.82 Å². The minimum Gasteiger partial charge on any atom is -0.388 e. The molecule has 0 aromatic heterocycles. The summed E-state index contributed by atoms with van der Waals surface area (Å²) in [6, 6.07) is 4.98. The van der Waals surface area contributed by atoms with Gasteiger partial charge in [-0.1, -0.05) is 32.4 Å². The number of rotatable bonds is 4. The highest BCUT2D eigenvalue weighted by atomic mass is 19.1. The first-order valence-electron chi connectivity index (χ1n) is 5.48. The van der Waals surface area contributed by atoms with Crippen molar-refractivity contribution >= 4 is 0 Å². The lowest BCUT2D eigenvalue weighted by Gasteiger charge is -2.16. The molecule has 0 saturated heterocycles. The van der Waals surface area contributed by atoms with E-state index < -0.39 is 6.10 Å². The van der Waals surface area contributed by atoms with Crippen molar-refractivity contribution in [1.29, 1.82) is 0 Å². The average molecular weight is 210 g/mol. The summed E-state index contributed by atoms with van der Waals surface area (Å²) in [5.41, 5.74) is 1.30. The summed E-state index contributed by atoms with van der Waals surface area (Å²) in [7, 11) is 0. The lowest BCUT2D eigenvalue weighted by molar-refractivity contribution is 0.142. The maximum absolute atomic E-state index is 13.5. The van der Waals surface area contributed by atoms with Crippen LogP contribution in [0.25, 0.3) is 0 Å². The molecule has 1 rings (SSSR count). The second-order valence-corrected chi connectivity index (χ2v) is 4.29. The molecule has 0 heterocycles. The van der Waals surface area contributed by atoms with Crippen molar-refractivity contribution in [3.05, 3.63) is 35.1 Å². The third-order valence-electron chi connectivity index (χ3n) is 2.84. The SMILES string of the molecule is CCC(C)CC(O)c1ccc(C)cc1F. The van der Waals surface area contributed by atoms with E-state index in [0.717, 1.165) is 12.0 Å². The minimum atomic E-state index is -0.680. The van der Waals surface area contributed by atoms with Crippen LogP contribution >= 0.6 is 0 Å². The van der Waals surface area contributed by atoms with Gasteiger partial charge in [-0.15, -0.1) is 0 Å².